The lowest BCUT2D eigenvalue weighted by Crippen LogP contribution is -2.71. The Morgan fingerprint density at radius 3 is 2.75 bits per heavy atom. The highest BCUT2D eigenvalue weighted by Gasteiger charge is 2.54. The van der Waals surface area contributed by atoms with Gasteiger partial charge in [0.05, 0.1) is 0 Å². The summed E-state index contributed by atoms with van der Waals surface area (Å²) < 4.78 is 0. The van der Waals surface area contributed by atoms with Crippen molar-refractivity contribution in [2.24, 2.45) is 21.7 Å². The summed E-state index contributed by atoms with van der Waals surface area (Å²) in [6.45, 7) is 1.21. The van der Waals surface area contributed by atoms with Gasteiger partial charge in [-0.3, -0.25) is 24.9 Å². The van der Waals surface area contributed by atoms with Crippen molar-refractivity contribution in [3.63, 3.8) is 0 Å². The summed E-state index contributed by atoms with van der Waals surface area (Å²) in [6, 6.07) is -1.10. The fourth-order valence-corrected chi connectivity index (χ4v) is 6.72. The number of carbonyl (C=O) groups is 4. The number of aliphatic imine (C=N–C) groups is 1. The van der Waals surface area contributed by atoms with Gasteiger partial charge in [-0.25, -0.2) is 25.4 Å². The molecule has 0 aliphatic carbocycles. The molecule has 3 unspecified atom stereocenters. The molecule has 0 saturated carbocycles. The van der Waals surface area contributed by atoms with Gasteiger partial charge in [0.2, 0.25) is 6.10 Å². The number of nitrogens with two attached hydrogens (primary N) is 3. The Kier molecular flexibility index (Phi) is 8.63. The predicted molar refractivity (Wildman–Crippen MR) is 147 cm³/mol. The number of nitrogen functional groups attached to an aromatic ring is 1. The number of fused-ring (bicyclic) bond motifs is 1. The summed E-state index contributed by atoms with van der Waals surface area (Å²) in [5, 5.41) is 35.2. The van der Waals surface area contributed by atoms with Crippen LogP contribution in [0.5, 0.6) is 0 Å². The Hall–Kier alpha value is -3.72. The number of anilines is 1. The lowest BCUT2D eigenvalue weighted by Gasteiger charge is -2.49. The van der Waals surface area contributed by atoms with E-state index in [0.717, 1.165) is 28.0 Å². The number of thioether (sulfide) groups is 2. The molecule has 40 heavy (non-hydrogen) atoms. The van der Waals surface area contributed by atoms with Crippen LogP contribution in [0, 0.1) is 5.41 Å². The Labute approximate surface area is 238 Å². The molecule has 20 heteroatoms. The van der Waals surface area contributed by atoms with Crippen molar-refractivity contribution in [1.82, 2.24) is 20.2 Å². The largest absolute Gasteiger partial charge is 0.478 e. The molecule has 0 radical (unpaired) electrons. The number of rotatable bonds is 9. The number of aromatic nitrogens is 1. The molecular formula is C20H24N10O7S3. The van der Waals surface area contributed by atoms with Gasteiger partial charge >= 0.3 is 11.9 Å². The number of carboxylic acids is 2. The Morgan fingerprint density at radius 2 is 2.12 bits per heavy atom. The molecule has 17 nitrogen and oxygen atoms in total. The lowest BCUT2D eigenvalue weighted by molar-refractivity contribution is -0.150. The molecule has 0 spiro atoms. The number of hydrogen-bond acceptors (Lipinski definition) is 15. The number of nitrogens with one attached hydrogen (secondary N) is 2. The second kappa shape index (κ2) is 11.8. The summed E-state index contributed by atoms with van der Waals surface area (Å²) in [6.07, 6.45) is -1.84. The normalized spacial score (nSPS) is 23.7. The molecule has 4 atom stereocenters. The standard InChI is InChI=1S/C20H24N10O7S3/c1-6(17(33)34)37-28-11(8-5-39-19(23)25-8)14(31)27-12-15(32)29-13(18(35)36)7(3-38-16(12)29)4-40-20-26-9(21)2-10(22)30(20)24/h5-6,10,12,16,21H,2-4,22,24H2,1H3,(H2,23,25)(H,27,31)(H,33,34)(H,35,36)/t6?,10?,12?,16-/m0/s1. The van der Waals surface area contributed by atoms with E-state index in [9.17, 15) is 24.3 Å². The van der Waals surface area contributed by atoms with Crippen molar-refractivity contribution in [2.75, 3.05) is 17.2 Å². The number of aliphatic carboxylic acids is 2. The number of carbonyl (C=O) groups excluding carboxylic acids is 2. The molecule has 1 saturated heterocycles. The third kappa shape index (κ3) is 5.89. The molecule has 4 heterocycles. The van der Waals surface area contributed by atoms with Crippen molar-refractivity contribution >= 4 is 80.5 Å². The summed E-state index contributed by atoms with van der Waals surface area (Å²) in [4.78, 5) is 63.4. The topological polar surface area (TPSA) is 276 Å². The molecule has 0 bridgehead atoms. The van der Waals surface area contributed by atoms with Crippen molar-refractivity contribution in [3.05, 3.63) is 22.3 Å². The third-order valence-electron chi connectivity index (χ3n) is 5.75. The van der Waals surface area contributed by atoms with Gasteiger partial charge in [-0.15, -0.1) is 23.1 Å². The Balaban J connectivity index is 1.50. The van der Waals surface area contributed by atoms with Crippen LogP contribution in [0.25, 0.3) is 0 Å². The van der Waals surface area contributed by atoms with Crippen LogP contribution >= 0.6 is 34.9 Å². The van der Waals surface area contributed by atoms with Crippen molar-refractivity contribution < 1.29 is 34.2 Å². The average Bonchev–Trinajstić information content (AvgIpc) is 3.33. The average molecular weight is 613 g/mol. The molecule has 1 aromatic heterocycles. The zero-order valence-corrected chi connectivity index (χ0v) is 23.1. The van der Waals surface area contributed by atoms with Gasteiger partial charge in [-0.05, 0) is 12.5 Å². The third-order valence-corrected chi connectivity index (χ3v) is 8.82. The number of amidine groups is 2. The maximum atomic E-state index is 13.1. The predicted octanol–water partition coefficient (Wildman–Crippen LogP) is -1.41. The number of carboxylic acid groups (broad SMARTS) is 2. The van der Waals surface area contributed by atoms with Gasteiger partial charge in [-0.2, -0.15) is 0 Å². The zero-order valence-electron chi connectivity index (χ0n) is 20.6. The second-order valence-corrected chi connectivity index (χ2v) is 11.5. The van der Waals surface area contributed by atoms with Crippen LogP contribution in [0.4, 0.5) is 5.13 Å². The number of nitrogens with zero attached hydrogens (tertiary/aromatic N) is 5. The van der Waals surface area contributed by atoms with Crippen LogP contribution in [-0.4, -0.2) is 101 Å². The number of β-lactam (4-membered cyclic amide) rings is 1. The van der Waals surface area contributed by atoms with Crippen LogP contribution in [0.15, 0.2) is 26.8 Å². The van der Waals surface area contributed by atoms with Crippen molar-refractivity contribution in [3.8, 4) is 0 Å². The summed E-state index contributed by atoms with van der Waals surface area (Å²) >= 11 is 3.34. The summed E-state index contributed by atoms with van der Waals surface area (Å²) in [7, 11) is 0. The van der Waals surface area contributed by atoms with E-state index in [4.69, 9.17) is 32.7 Å². The van der Waals surface area contributed by atoms with E-state index < -0.39 is 53.2 Å². The first-order valence-corrected chi connectivity index (χ1v) is 14.3. The van der Waals surface area contributed by atoms with E-state index >= 15 is 0 Å². The first-order chi connectivity index (χ1) is 18.9. The minimum absolute atomic E-state index is 0.00956. The van der Waals surface area contributed by atoms with Gasteiger partial charge in [0.1, 0.15) is 34.8 Å². The highest BCUT2D eigenvalue weighted by Crippen LogP contribution is 2.41. The number of thiazole rings is 1. The SMILES string of the molecule is CC(ON=C(C(=O)NC1C(=O)N2C(C(=O)O)=C(CSC3=NC(=N)CC(N)N3N)CS[C@@H]12)c1csc(N)n1)C(=O)O. The molecular weight excluding hydrogens is 588 g/mol. The van der Waals surface area contributed by atoms with E-state index in [1.165, 1.54) is 29.1 Å². The van der Waals surface area contributed by atoms with Crippen LogP contribution in [0.1, 0.15) is 19.0 Å². The smallest absolute Gasteiger partial charge is 0.352 e. The number of oxime groups is 1. The highest BCUT2D eigenvalue weighted by molar-refractivity contribution is 8.14. The van der Waals surface area contributed by atoms with Crippen molar-refractivity contribution in [1.29, 1.82) is 5.41 Å². The molecule has 2 amide bonds. The molecule has 1 aromatic rings. The maximum absolute atomic E-state index is 13.1. The van der Waals surface area contributed by atoms with Gasteiger partial charge in [0, 0.05) is 23.3 Å². The molecule has 0 aromatic carbocycles. The van der Waals surface area contributed by atoms with E-state index in [1.54, 1.807) is 0 Å². The molecule has 3 aliphatic rings. The van der Waals surface area contributed by atoms with E-state index in [1.807, 2.05) is 0 Å². The van der Waals surface area contributed by atoms with E-state index in [2.05, 4.69) is 20.4 Å². The van der Waals surface area contributed by atoms with Crippen LogP contribution < -0.4 is 22.6 Å². The minimum Gasteiger partial charge on any atom is -0.478 e. The summed E-state index contributed by atoms with van der Waals surface area (Å²) in [5.41, 5.74) is 11.4. The fourth-order valence-electron chi connectivity index (χ4n) is 3.70. The molecule has 1 fully saturated rings. The second-order valence-electron chi connectivity index (χ2n) is 8.52. The first-order valence-electron chi connectivity index (χ1n) is 11.4. The number of amides is 2. The van der Waals surface area contributed by atoms with Crippen molar-refractivity contribution in [2.45, 2.75) is 37.0 Å². The quantitative estimate of drug-likeness (QED) is 0.0730. The minimum atomic E-state index is -1.37. The zero-order chi connectivity index (χ0) is 29.3. The monoisotopic (exact) mass is 612 g/mol. The molecule has 4 rings (SSSR count). The lowest BCUT2D eigenvalue weighted by atomic mass is 10.0. The Bertz CT molecular complexity index is 1360. The van der Waals surface area contributed by atoms with Crippen LogP contribution in [-0.2, 0) is 24.0 Å². The fraction of sp³-hybridized carbons (Fsp3) is 0.400. The van der Waals surface area contributed by atoms with Gasteiger partial charge in [0.15, 0.2) is 16.0 Å². The van der Waals surface area contributed by atoms with Crippen LogP contribution in [0.3, 0.4) is 0 Å². The van der Waals surface area contributed by atoms with Crippen LogP contribution in [0.2, 0.25) is 0 Å². The van der Waals surface area contributed by atoms with Gasteiger partial charge in [-0.1, -0.05) is 16.9 Å². The highest BCUT2D eigenvalue weighted by atomic mass is 32.2. The van der Waals surface area contributed by atoms with E-state index in [-0.39, 0.29) is 45.5 Å². The number of hydrazine groups is 1. The molecule has 3 aliphatic heterocycles. The first kappa shape index (κ1) is 29.3. The summed E-state index contributed by atoms with van der Waals surface area (Å²) in [5.74, 6) is 2.12. The molecule has 214 valence electrons. The van der Waals surface area contributed by atoms with Gasteiger partial charge in [0.25, 0.3) is 11.8 Å². The number of hydrogen-bond donors (Lipinski definition) is 7. The Morgan fingerprint density at radius 1 is 1.40 bits per heavy atom. The maximum Gasteiger partial charge on any atom is 0.352 e. The van der Waals surface area contributed by atoms with E-state index in [0.29, 0.717) is 5.57 Å². The molecule has 10 N–H and O–H groups in total. The van der Waals surface area contributed by atoms with Gasteiger partial charge < -0.3 is 31.8 Å².